The van der Waals surface area contributed by atoms with Crippen molar-refractivity contribution >= 4 is 39.1 Å². The van der Waals surface area contributed by atoms with Gasteiger partial charge in [0.05, 0.1) is 11.4 Å². The van der Waals surface area contributed by atoms with Gasteiger partial charge in [-0.3, -0.25) is 9.59 Å². The van der Waals surface area contributed by atoms with Gasteiger partial charge in [0.1, 0.15) is 0 Å². The Labute approximate surface area is 150 Å². The highest BCUT2D eigenvalue weighted by Crippen LogP contribution is 2.17. The zero-order valence-corrected chi connectivity index (χ0v) is 14.8. The molecule has 0 atom stereocenters. The van der Waals surface area contributed by atoms with E-state index in [-0.39, 0.29) is 11.4 Å². The highest BCUT2D eigenvalue weighted by Gasteiger charge is 2.22. The number of benzene rings is 2. The molecule has 0 saturated heterocycles. The molecule has 3 N–H and O–H groups in total. The van der Waals surface area contributed by atoms with Crippen molar-refractivity contribution in [2.75, 3.05) is 18.9 Å². The third kappa shape index (κ3) is 4.79. The summed E-state index contributed by atoms with van der Waals surface area (Å²) in [6, 6.07) is 11.6. The van der Waals surface area contributed by atoms with E-state index in [9.17, 15) is 18.0 Å². The van der Waals surface area contributed by atoms with Crippen LogP contribution >= 0.6 is 11.6 Å². The van der Waals surface area contributed by atoms with Gasteiger partial charge in [-0.05, 0) is 48.5 Å². The first-order valence-electron chi connectivity index (χ1n) is 7.12. The lowest BCUT2D eigenvalue weighted by molar-refractivity contribution is -0.116. The molecule has 0 heterocycles. The van der Waals surface area contributed by atoms with Crippen molar-refractivity contribution in [1.29, 1.82) is 0 Å². The monoisotopic (exact) mass is 381 g/mol. The van der Waals surface area contributed by atoms with Gasteiger partial charge >= 0.3 is 0 Å². The number of carbonyl (C=O) groups excluding carboxylic acids is 2. The molecule has 0 aliphatic heterocycles. The van der Waals surface area contributed by atoms with Crippen LogP contribution in [0.5, 0.6) is 0 Å². The van der Waals surface area contributed by atoms with Gasteiger partial charge in [-0.2, -0.15) is 4.31 Å². The number of rotatable bonds is 6. The average molecular weight is 382 g/mol. The lowest BCUT2D eigenvalue weighted by Crippen LogP contribution is -2.34. The molecule has 2 amide bonds. The van der Waals surface area contributed by atoms with Crippen LogP contribution < -0.4 is 11.1 Å². The van der Waals surface area contributed by atoms with E-state index in [2.05, 4.69) is 5.32 Å². The SMILES string of the molecule is CN(CC(=O)Nc1ccc(C(N)=O)cc1)S(=O)(=O)c1ccc(Cl)cc1. The zero-order valence-electron chi connectivity index (χ0n) is 13.3. The lowest BCUT2D eigenvalue weighted by atomic mass is 10.2. The van der Waals surface area contributed by atoms with E-state index < -0.39 is 21.8 Å². The molecule has 132 valence electrons. The molecule has 0 aliphatic carbocycles. The first kappa shape index (κ1) is 18.9. The quantitative estimate of drug-likeness (QED) is 0.793. The van der Waals surface area contributed by atoms with Crippen molar-refractivity contribution in [3.05, 3.63) is 59.1 Å². The van der Waals surface area contributed by atoms with Crippen LogP contribution in [0.15, 0.2) is 53.4 Å². The largest absolute Gasteiger partial charge is 0.366 e. The number of primary amides is 1. The predicted molar refractivity (Wildman–Crippen MR) is 94.9 cm³/mol. The van der Waals surface area contributed by atoms with E-state index in [1.807, 2.05) is 0 Å². The number of nitrogens with two attached hydrogens (primary N) is 1. The molecule has 0 radical (unpaired) electrons. The fourth-order valence-corrected chi connectivity index (χ4v) is 3.25. The maximum absolute atomic E-state index is 12.4. The Morgan fingerprint density at radius 1 is 1.08 bits per heavy atom. The second-order valence-electron chi connectivity index (χ2n) is 5.20. The third-order valence-electron chi connectivity index (χ3n) is 3.34. The topological polar surface area (TPSA) is 110 Å². The highest BCUT2D eigenvalue weighted by atomic mass is 35.5. The van der Waals surface area contributed by atoms with Gasteiger partial charge in [-0.1, -0.05) is 11.6 Å². The molecular formula is C16H16ClN3O4S. The number of nitrogens with one attached hydrogen (secondary N) is 1. The third-order valence-corrected chi connectivity index (χ3v) is 5.41. The van der Waals surface area contributed by atoms with Crippen LogP contribution in [0.4, 0.5) is 5.69 Å². The summed E-state index contributed by atoms with van der Waals surface area (Å²) in [7, 11) is -2.50. The Bertz CT molecular complexity index is 881. The minimum Gasteiger partial charge on any atom is -0.366 e. The van der Waals surface area contributed by atoms with Crippen LogP contribution in [0.2, 0.25) is 5.02 Å². The molecule has 7 nitrogen and oxygen atoms in total. The molecule has 0 fully saturated rings. The van der Waals surface area contributed by atoms with E-state index >= 15 is 0 Å². The van der Waals surface area contributed by atoms with Crippen LogP contribution in [-0.2, 0) is 14.8 Å². The summed E-state index contributed by atoms with van der Waals surface area (Å²) in [5, 5.41) is 2.97. The first-order valence-corrected chi connectivity index (χ1v) is 8.93. The van der Waals surface area contributed by atoms with Crippen LogP contribution in [0, 0.1) is 0 Å². The fourth-order valence-electron chi connectivity index (χ4n) is 1.99. The van der Waals surface area contributed by atoms with Gasteiger partial charge in [0.25, 0.3) is 0 Å². The lowest BCUT2D eigenvalue weighted by Gasteiger charge is -2.17. The number of hydrogen-bond donors (Lipinski definition) is 2. The molecule has 2 aromatic carbocycles. The summed E-state index contributed by atoms with van der Waals surface area (Å²) in [5.74, 6) is -1.10. The smallest absolute Gasteiger partial charge is 0.248 e. The van der Waals surface area contributed by atoms with Gasteiger partial charge in [0.15, 0.2) is 0 Å². The number of carbonyl (C=O) groups is 2. The van der Waals surface area contributed by atoms with Crippen molar-refractivity contribution in [2.45, 2.75) is 4.90 Å². The highest BCUT2D eigenvalue weighted by molar-refractivity contribution is 7.89. The van der Waals surface area contributed by atoms with E-state index in [0.717, 1.165) is 4.31 Å². The van der Waals surface area contributed by atoms with E-state index in [1.165, 1.54) is 55.6 Å². The molecule has 0 aromatic heterocycles. The van der Waals surface area contributed by atoms with Crippen molar-refractivity contribution < 1.29 is 18.0 Å². The Morgan fingerprint density at radius 3 is 2.16 bits per heavy atom. The number of anilines is 1. The van der Waals surface area contributed by atoms with Crippen LogP contribution in [0.1, 0.15) is 10.4 Å². The summed E-state index contributed by atoms with van der Waals surface area (Å²) in [5.41, 5.74) is 5.86. The molecule has 2 rings (SSSR count). The van der Waals surface area contributed by atoms with Gasteiger partial charge in [-0.15, -0.1) is 0 Å². The Morgan fingerprint density at radius 2 is 1.64 bits per heavy atom. The fraction of sp³-hybridized carbons (Fsp3) is 0.125. The Kier molecular flexibility index (Phi) is 5.78. The summed E-state index contributed by atoms with van der Waals surface area (Å²) >= 11 is 5.75. The number of nitrogens with zero attached hydrogens (tertiary/aromatic N) is 1. The number of likely N-dealkylation sites (N-methyl/N-ethyl adjacent to an activating group) is 1. The van der Waals surface area contributed by atoms with E-state index in [1.54, 1.807) is 0 Å². The van der Waals surface area contributed by atoms with Crippen LogP contribution in [0.3, 0.4) is 0 Å². The van der Waals surface area contributed by atoms with Crippen molar-refractivity contribution in [2.24, 2.45) is 5.73 Å². The molecule has 0 unspecified atom stereocenters. The second kappa shape index (κ2) is 7.64. The Balaban J connectivity index is 2.04. The molecular weight excluding hydrogens is 366 g/mol. The van der Waals surface area contributed by atoms with Crippen LogP contribution in [0.25, 0.3) is 0 Å². The molecule has 9 heteroatoms. The standard InChI is InChI=1S/C16H16ClN3O4S/c1-20(25(23,24)14-8-4-12(17)5-9-14)10-15(21)19-13-6-2-11(3-7-13)16(18)22/h2-9H,10H2,1H3,(H2,18,22)(H,19,21). The zero-order chi connectivity index (χ0) is 18.6. The maximum Gasteiger partial charge on any atom is 0.248 e. The average Bonchev–Trinajstić information content (AvgIpc) is 2.55. The number of halogens is 1. The normalized spacial score (nSPS) is 11.3. The summed E-state index contributed by atoms with van der Waals surface area (Å²) in [4.78, 5) is 23.1. The molecule has 0 bridgehead atoms. The number of amides is 2. The van der Waals surface area contributed by atoms with Crippen LogP contribution in [-0.4, -0.2) is 38.1 Å². The van der Waals surface area contributed by atoms with Gasteiger partial charge in [-0.25, -0.2) is 8.42 Å². The Hall–Kier alpha value is -2.42. The minimum atomic E-state index is -3.81. The first-order chi connectivity index (χ1) is 11.7. The molecule has 2 aromatic rings. The molecule has 0 saturated carbocycles. The predicted octanol–water partition coefficient (Wildman–Crippen LogP) is 1.70. The van der Waals surface area contributed by atoms with E-state index in [4.69, 9.17) is 17.3 Å². The maximum atomic E-state index is 12.4. The second-order valence-corrected chi connectivity index (χ2v) is 7.69. The van der Waals surface area contributed by atoms with Crippen molar-refractivity contribution in [3.63, 3.8) is 0 Å². The van der Waals surface area contributed by atoms with Crippen molar-refractivity contribution in [3.8, 4) is 0 Å². The number of sulfonamides is 1. The molecule has 0 spiro atoms. The number of hydrogen-bond acceptors (Lipinski definition) is 4. The summed E-state index contributed by atoms with van der Waals surface area (Å²) < 4.78 is 25.7. The summed E-state index contributed by atoms with van der Waals surface area (Å²) in [6.45, 7) is -0.372. The minimum absolute atomic E-state index is 0.0398. The molecule has 25 heavy (non-hydrogen) atoms. The van der Waals surface area contributed by atoms with Gasteiger partial charge in [0.2, 0.25) is 21.8 Å². The summed E-state index contributed by atoms with van der Waals surface area (Å²) in [6.07, 6.45) is 0. The molecule has 0 aliphatic rings. The van der Waals surface area contributed by atoms with Gasteiger partial charge in [0, 0.05) is 23.3 Å². The van der Waals surface area contributed by atoms with Crippen molar-refractivity contribution in [1.82, 2.24) is 4.31 Å². The van der Waals surface area contributed by atoms with E-state index in [0.29, 0.717) is 16.3 Å². The van der Waals surface area contributed by atoms with Gasteiger partial charge < -0.3 is 11.1 Å².